The van der Waals surface area contributed by atoms with E-state index in [0.29, 0.717) is 18.1 Å². The molecule has 0 aromatic heterocycles. The summed E-state index contributed by atoms with van der Waals surface area (Å²) in [4.78, 5) is 2.43. The largest absolute Gasteiger partial charge is 0.492 e. The molecule has 0 bridgehead atoms. The Hall–Kier alpha value is -1.06. The third-order valence-corrected chi connectivity index (χ3v) is 4.04. The van der Waals surface area contributed by atoms with E-state index >= 15 is 0 Å². The van der Waals surface area contributed by atoms with Gasteiger partial charge in [-0.15, -0.1) is 0 Å². The van der Waals surface area contributed by atoms with Gasteiger partial charge in [0.25, 0.3) is 0 Å². The van der Waals surface area contributed by atoms with Crippen molar-refractivity contribution in [3.63, 3.8) is 0 Å². The molecule has 0 aliphatic carbocycles. The summed E-state index contributed by atoms with van der Waals surface area (Å²) in [5.74, 6) is 1.56. The van der Waals surface area contributed by atoms with Crippen molar-refractivity contribution in [1.29, 1.82) is 0 Å². The molecule has 0 saturated carbocycles. The zero-order valence-corrected chi connectivity index (χ0v) is 14.1. The summed E-state index contributed by atoms with van der Waals surface area (Å²) in [6.45, 7) is 14.5. The number of rotatable bonds is 5. The molecule has 1 heterocycles. The van der Waals surface area contributed by atoms with E-state index < -0.39 is 0 Å². The van der Waals surface area contributed by atoms with Gasteiger partial charge in [-0.2, -0.15) is 0 Å². The predicted octanol–water partition coefficient (Wildman–Crippen LogP) is 3.61. The molecule has 1 aliphatic heterocycles. The number of aryl methyl sites for hydroxylation is 1. The van der Waals surface area contributed by atoms with Crippen molar-refractivity contribution >= 4 is 0 Å². The molecule has 3 heteroatoms. The lowest BCUT2D eigenvalue weighted by molar-refractivity contribution is -0.0699. The molecule has 1 saturated heterocycles. The van der Waals surface area contributed by atoms with Crippen molar-refractivity contribution in [2.45, 2.75) is 52.7 Å². The molecule has 118 valence electrons. The zero-order valence-electron chi connectivity index (χ0n) is 14.1. The van der Waals surface area contributed by atoms with Gasteiger partial charge < -0.3 is 9.47 Å². The molecule has 2 unspecified atom stereocenters. The maximum Gasteiger partial charge on any atom is 0.122 e. The second-order valence-electron chi connectivity index (χ2n) is 6.54. The van der Waals surface area contributed by atoms with Gasteiger partial charge in [0, 0.05) is 19.6 Å². The Kier molecular flexibility index (Phi) is 5.65. The third-order valence-electron chi connectivity index (χ3n) is 4.04. The van der Waals surface area contributed by atoms with E-state index in [1.165, 1.54) is 11.1 Å². The summed E-state index contributed by atoms with van der Waals surface area (Å²) in [7, 11) is 0. The van der Waals surface area contributed by atoms with Crippen molar-refractivity contribution in [1.82, 2.24) is 4.90 Å². The minimum absolute atomic E-state index is 0.319. The van der Waals surface area contributed by atoms with E-state index in [0.717, 1.165) is 32.0 Å². The van der Waals surface area contributed by atoms with Crippen molar-refractivity contribution in [3.8, 4) is 5.75 Å². The Morgan fingerprint density at radius 2 is 1.90 bits per heavy atom. The van der Waals surface area contributed by atoms with Gasteiger partial charge in [-0.25, -0.2) is 0 Å². The standard InChI is InChI=1S/C18H29NO2/c1-13(2)17-7-6-14(3)18(10-17)20-9-8-19-11-15(4)21-16(5)12-19/h6-7,10,13,15-16H,8-9,11-12H2,1-5H3. The van der Waals surface area contributed by atoms with Crippen LogP contribution in [0.4, 0.5) is 0 Å². The van der Waals surface area contributed by atoms with Crippen molar-refractivity contribution in [2.75, 3.05) is 26.2 Å². The SMILES string of the molecule is Cc1ccc(C(C)C)cc1OCCN1CC(C)OC(C)C1. The summed E-state index contributed by atoms with van der Waals surface area (Å²) in [6.07, 6.45) is 0.638. The highest BCUT2D eigenvalue weighted by Crippen LogP contribution is 2.24. The van der Waals surface area contributed by atoms with E-state index in [1.807, 2.05) is 0 Å². The van der Waals surface area contributed by atoms with Crippen LogP contribution in [0.3, 0.4) is 0 Å². The van der Waals surface area contributed by atoms with Gasteiger partial charge in [-0.05, 0) is 43.9 Å². The highest BCUT2D eigenvalue weighted by Gasteiger charge is 2.21. The number of hydrogen-bond acceptors (Lipinski definition) is 3. The van der Waals surface area contributed by atoms with Crippen LogP contribution >= 0.6 is 0 Å². The van der Waals surface area contributed by atoms with E-state index in [1.54, 1.807) is 0 Å². The topological polar surface area (TPSA) is 21.7 Å². The molecule has 1 aromatic carbocycles. The first-order valence-corrected chi connectivity index (χ1v) is 8.07. The number of morpholine rings is 1. The molecule has 0 radical (unpaired) electrons. The smallest absolute Gasteiger partial charge is 0.122 e. The first-order chi connectivity index (χ1) is 9.95. The maximum atomic E-state index is 6.02. The van der Waals surface area contributed by atoms with Gasteiger partial charge >= 0.3 is 0 Å². The fourth-order valence-electron chi connectivity index (χ4n) is 2.88. The van der Waals surface area contributed by atoms with Crippen LogP contribution in [0, 0.1) is 6.92 Å². The molecule has 0 amide bonds. The fourth-order valence-corrected chi connectivity index (χ4v) is 2.88. The molecule has 1 aromatic rings. The number of nitrogens with zero attached hydrogens (tertiary/aromatic N) is 1. The second-order valence-corrected chi connectivity index (χ2v) is 6.54. The van der Waals surface area contributed by atoms with E-state index in [4.69, 9.17) is 9.47 Å². The van der Waals surface area contributed by atoms with Crippen LogP contribution in [0.1, 0.15) is 44.7 Å². The molecular formula is C18H29NO2. The summed E-state index contributed by atoms with van der Waals surface area (Å²) in [5.41, 5.74) is 2.55. The molecule has 0 spiro atoms. The lowest BCUT2D eigenvalue weighted by Crippen LogP contribution is -2.46. The first kappa shape index (κ1) is 16.3. The summed E-state index contributed by atoms with van der Waals surface area (Å²) in [5, 5.41) is 0. The Labute approximate surface area is 129 Å². The van der Waals surface area contributed by atoms with Crippen molar-refractivity contribution < 1.29 is 9.47 Å². The van der Waals surface area contributed by atoms with Crippen LogP contribution in [0.25, 0.3) is 0 Å². The Bertz CT molecular complexity index is 449. The molecule has 2 rings (SSSR count). The normalized spacial score (nSPS) is 23.5. The highest BCUT2D eigenvalue weighted by atomic mass is 16.5. The summed E-state index contributed by atoms with van der Waals surface area (Å²) in [6, 6.07) is 6.53. The fraction of sp³-hybridized carbons (Fsp3) is 0.667. The van der Waals surface area contributed by atoms with Crippen molar-refractivity contribution in [2.24, 2.45) is 0 Å². The Morgan fingerprint density at radius 3 is 2.52 bits per heavy atom. The molecular weight excluding hydrogens is 262 g/mol. The Morgan fingerprint density at radius 1 is 1.24 bits per heavy atom. The van der Waals surface area contributed by atoms with Crippen LogP contribution in [-0.2, 0) is 4.74 Å². The monoisotopic (exact) mass is 291 g/mol. The van der Waals surface area contributed by atoms with E-state index in [-0.39, 0.29) is 0 Å². The van der Waals surface area contributed by atoms with Gasteiger partial charge in [-0.3, -0.25) is 4.90 Å². The lowest BCUT2D eigenvalue weighted by atomic mass is 10.0. The van der Waals surface area contributed by atoms with Crippen molar-refractivity contribution in [3.05, 3.63) is 29.3 Å². The van der Waals surface area contributed by atoms with Crippen LogP contribution in [-0.4, -0.2) is 43.3 Å². The zero-order chi connectivity index (χ0) is 15.4. The predicted molar refractivity (Wildman–Crippen MR) is 87.2 cm³/mol. The van der Waals surface area contributed by atoms with Gasteiger partial charge in [0.2, 0.25) is 0 Å². The van der Waals surface area contributed by atoms with Crippen LogP contribution in [0.15, 0.2) is 18.2 Å². The number of ether oxygens (including phenoxy) is 2. The quantitative estimate of drug-likeness (QED) is 0.827. The second kappa shape index (κ2) is 7.28. The van der Waals surface area contributed by atoms with Crippen LogP contribution < -0.4 is 4.74 Å². The van der Waals surface area contributed by atoms with Gasteiger partial charge in [0.05, 0.1) is 12.2 Å². The average Bonchev–Trinajstić information content (AvgIpc) is 2.39. The average molecular weight is 291 g/mol. The lowest BCUT2D eigenvalue weighted by Gasteiger charge is -2.35. The number of hydrogen-bond donors (Lipinski definition) is 0. The van der Waals surface area contributed by atoms with Gasteiger partial charge in [0.15, 0.2) is 0 Å². The van der Waals surface area contributed by atoms with Gasteiger partial charge in [0.1, 0.15) is 12.4 Å². The number of benzene rings is 1. The molecule has 3 nitrogen and oxygen atoms in total. The third kappa shape index (κ3) is 4.72. The molecule has 2 atom stereocenters. The summed E-state index contributed by atoms with van der Waals surface area (Å²) >= 11 is 0. The summed E-state index contributed by atoms with van der Waals surface area (Å²) < 4.78 is 11.8. The molecule has 21 heavy (non-hydrogen) atoms. The Balaban J connectivity index is 1.87. The first-order valence-electron chi connectivity index (χ1n) is 8.07. The minimum Gasteiger partial charge on any atom is -0.492 e. The molecule has 0 N–H and O–H groups in total. The molecule has 1 fully saturated rings. The minimum atomic E-state index is 0.319. The maximum absolute atomic E-state index is 6.02. The van der Waals surface area contributed by atoms with E-state index in [9.17, 15) is 0 Å². The van der Waals surface area contributed by atoms with E-state index in [2.05, 4.69) is 57.7 Å². The highest BCUT2D eigenvalue weighted by molar-refractivity contribution is 5.37. The van der Waals surface area contributed by atoms with Gasteiger partial charge in [-0.1, -0.05) is 26.0 Å². The molecule has 1 aliphatic rings. The van der Waals surface area contributed by atoms with Crippen LogP contribution in [0.5, 0.6) is 5.75 Å². The van der Waals surface area contributed by atoms with Crippen LogP contribution in [0.2, 0.25) is 0 Å².